The molecule has 6 heteroatoms. The second-order valence-electron chi connectivity index (χ2n) is 6.84. The molecule has 1 unspecified atom stereocenters. The molecule has 1 aliphatic heterocycles. The smallest absolute Gasteiger partial charge is 0.143 e. The van der Waals surface area contributed by atoms with Crippen LogP contribution in [0.5, 0.6) is 5.75 Å². The molecular formula is C19H23N5O. The number of rotatable bonds is 3. The number of nitrogens with one attached hydrogen (secondary N) is 2. The quantitative estimate of drug-likeness (QED) is 0.685. The summed E-state index contributed by atoms with van der Waals surface area (Å²) in [4.78, 5) is 15.1. The Balaban J connectivity index is 1.68. The predicted octanol–water partition coefficient (Wildman–Crippen LogP) is 2.94. The number of anilines is 1. The third-order valence-corrected chi connectivity index (χ3v) is 4.70. The van der Waals surface area contributed by atoms with Crippen LogP contribution >= 0.6 is 0 Å². The zero-order valence-corrected chi connectivity index (χ0v) is 14.5. The molecule has 0 bridgehead atoms. The molecule has 0 saturated carbocycles. The average Bonchev–Trinajstić information content (AvgIpc) is 3.10. The normalized spacial score (nSPS) is 18.2. The van der Waals surface area contributed by atoms with Crippen LogP contribution in [0.1, 0.15) is 37.2 Å². The Labute approximate surface area is 146 Å². The summed E-state index contributed by atoms with van der Waals surface area (Å²) < 4.78 is 0. The molecule has 0 amide bonds. The number of piperazine rings is 1. The summed E-state index contributed by atoms with van der Waals surface area (Å²) in [5.41, 5.74) is 2.07. The Morgan fingerprint density at radius 3 is 2.72 bits per heavy atom. The van der Waals surface area contributed by atoms with Gasteiger partial charge in [0.05, 0.1) is 5.39 Å². The minimum Gasteiger partial charge on any atom is -0.508 e. The number of aromatic nitrogens is 3. The van der Waals surface area contributed by atoms with Gasteiger partial charge in [-0.25, -0.2) is 9.97 Å². The van der Waals surface area contributed by atoms with Crippen molar-refractivity contribution in [3.05, 3.63) is 47.9 Å². The van der Waals surface area contributed by atoms with Crippen LogP contribution in [0, 0.1) is 0 Å². The highest BCUT2D eigenvalue weighted by atomic mass is 16.3. The predicted molar refractivity (Wildman–Crippen MR) is 99.0 cm³/mol. The highest BCUT2D eigenvalue weighted by molar-refractivity contribution is 5.87. The number of hydrogen-bond donors (Lipinski definition) is 3. The van der Waals surface area contributed by atoms with Crippen molar-refractivity contribution in [2.24, 2.45) is 0 Å². The van der Waals surface area contributed by atoms with Crippen molar-refractivity contribution >= 4 is 16.9 Å². The molecule has 0 spiro atoms. The highest BCUT2D eigenvalue weighted by Crippen LogP contribution is 2.29. The monoisotopic (exact) mass is 337 g/mol. The lowest BCUT2D eigenvalue weighted by Crippen LogP contribution is -2.46. The Morgan fingerprint density at radius 1 is 1.16 bits per heavy atom. The van der Waals surface area contributed by atoms with E-state index < -0.39 is 0 Å². The number of nitrogens with zero attached hydrogens (tertiary/aromatic N) is 3. The van der Waals surface area contributed by atoms with Gasteiger partial charge in [0.1, 0.15) is 23.0 Å². The summed E-state index contributed by atoms with van der Waals surface area (Å²) in [7, 11) is 0. The number of aromatic hydroxyl groups is 1. The van der Waals surface area contributed by atoms with E-state index in [4.69, 9.17) is 4.98 Å². The van der Waals surface area contributed by atoms with E-state index >= 15 is 0 Å². The first kappa shape index (κ1) is 15.9. The van der Waals surface area contributed by atoms with Gasteiger partial charge in [0.25, 0.3) is 0 Å². The Hall–Kier alpha value is -2.60. The molecule has 1 fully saturated rings. The minimum atomic E-state index is 0.209. The van der Waals surface area contributed by atoms with Gasteiger partial charge < -0.3 is 20.3 Å². The molecule has 130 valence electrons. The SMILES string of the molecule is CC(C)c1nc(N2CCNC(c3ccc(O)cc3)C2)c2cc[nH]c2n1. The molecule has 25 heavy (non-hydrogen) atoms. The van der Waals surface area contributed by atoms with Crippen LogP contribution in [0.25, 0.3) is 11.0 Å². The van der Waals surface area contributed by atoms with Gasteiger partial charge in [-0.05, 0) is 23.8 Å². The molecule has 3 aromatic rings. The second-order valence-corrected chi connectivity index (χ2v) is 6.84. The summed E-state index contributed by atoms with van der Waals surface area (Å²) in [6, 6.07) is 9.68. The van der Waals surface area contributed by atoms with Gasteiger partial charge in [-0.3, -0.25) is 0 Å². The van der Waals surface area contributed by atoms with Crippen molar-refractivity contribution in [2.45, 2.75) is 25.8 Å². The van der Waals surface area contributed by atoms with Crippen LogP contribution in [0.4, 0.5) is 5.82 Å². The second kappa shape index (κ2) is 6.37. The minimum absolute atomic E-state index is 0.209. The summed E-state index contributed by atoms with van der Waals surface area (Å²) in [6.45, 7) is 6.86. The molecule has 4 rings (SSSR count). The highest BCUT2D eigenvalue weighted by Gasteiger charge is 2.24. The number of phenolic OH excluding ortho intramolecular Hbond substituents is 1. The Kier molecular flexibility index (Phi) is 4.05. The van der Waals surface area contributed by atoms with Crippen molar-refractivity contribution in [3.63, 3.8) is 0 Å². The van der Waals surface area contributed by atoms with Crippen molar-refractivity contribution in [3.8, 4) is 5.75 Å². The van der Waals surface area contributed by atoms with Crippen LogP contribution < -0.4 is 10.2 Å². The van der Waals surface area contributed by atoms with Crippen molar-refractivity contribution < 1.29 is 5.11 Å². The van der Waals surface area contributed by atoms with Crippen LogP contribution in [0.2, 0.25) is 0 Å². The molecule has 1 saturated heterocycles. The van der Waals surface area contributed by atoms with Crippen LogP contribution in [-0.4, -0.2) is 39.7 Å². The number of aromatic amines is 1. The Bertz CT molecular complexity index is 871. The topological polar surface area (TPSA) is 77.1 Å². The molecule has 1 aromatic carbocycles. The molecule has 1 atom stereocenters. The third kappa shape index (κ3) is 3.05. The van der Waals surface area contributed by atoms with Crippen LogP contribution in [-0.2, 0) is 0 Å². The van der Waals surface area contributed by atoms with E-state index in [0.29, 0.717) is 5.75 Å². The number of phenols is 1. The molecule has 3 heterocycles. The molecule has 3 N–H and O–H groups in total. The van der Waals surface area contributed by atoms with E-state index in [1.54, 1.807) is 12.1 Å². The van der Waals surface area contributed by atoms with Gasteiger partial charge >= 0.3 is 0 Å². The maximum absolute atomic E-state index is 9.51. The Morgan fingerprint density at radius 2 is 1.96 bits per heavy atom. The van der Waals surface area contributed by atoms with E-state index in [1.807, 2.05) is 24.4 Å². The lowest BCUT2D eigenvalue weighted by Gasteiger charge is -2.35. The summed E-state index contributed by atoms with van der Waals surface area (Å²) in [5.74, 6) is 2.44. The molecule has 1 aliphatic rings. The molecule has 6 nitrogen and oxygen atoms in total. The first-order chi connectivity index (χ1) is 12.1. The zero-order valence-electron chi connectivity index (χ0n) is 14.5. The lowest BCUT2D eigenvalue weighted by atomic mass is 10.0. The van der Waals surface area contributed by atoms with Crippen molar-refractivity contribution in [2.75, 3.05) is 24.5 Å². The van der Waals surface area contributed by atoms with E-state index in [2.05, 4.69) is 34.0 Å². The number of benzene rings is 1. The number of hydrogen-bond acceptors (Lipinski definition) is 5. The fourth-order valence-electron chi connectivity index (χ4n) is 3.31. The summed E-state index contributed by atoms with van der Waals surface area (Å²) in [5, 5.41) is 14.1. The molecule has 2 aromatic heterocycles. The first-order valence-corrected chi connectivity index (χ1v) is 8.74. The van der Waals surface area contributed by atoms with Gasteiger partial charge in [-0.15, -0.1) is 0 Å². The van der Waals surface area contributed by atoms with Gasteiger partial charge in [0.2, 0.25) is 0 Å². The van der Waals surface area contributed by atoms with Crippen LogP contribution in [0.3, 0.4) is 0 Å². The fourth-order valence-corrected chi connectivity index (χ4v) is 3.31. The number of fused-ring (bicyclic) bond motifs is 1. The maximum atomic E-state index is 9.51. The van der Waals surface area contributed by atoms with E-state index in [9.17, 15) is 5.11 Å². The van der Waals surface area contributed by atoms with Crippen molar-refractivity contribution in [1.82, 2.24) is 20.3 Å². The summed E-state index contributed by atoms with van der Waals surface area (Å²) in [6.07, 6.45) is 1.92. The van der Waals surface area contributed by atoms with Gasteiger partial charge in [0, 0.05) is 37.8 Å². The van der Waals surface area contributed by atoms with E-state index in [1.165, 1.54) is 5.56 Å². The first-order valence-electron chi connectivity index (χ1n) is 8.74. The van der Waals surface area contributed by atoms with Gasteiger partial charge in [0.15, 0.2) is 0 Å². The van der Waals surface area contributed by atoms with Crippen molar-refractivity contribution in [1.29, 1.82) is 0 Å². The molecule has 0 aliphatic carbocycles. The van der Waals surface area contributed by atoms with Crippen LogP contribution in [0.15, 0.2) is 36.5 Å². The molecule has 0 radical (unpaired) electrons. The van der Waals surface area contributed by atoms with E-state index in [0.717, 1.165) is 42.3 Å². The standard InChI is InChI=1S/C19H23N5O/c1-12(2)17-22-18-15(7-8-21-18)19(23-17)24-10-9-20-16(11-24)13-3-5-14(25)6-4-13/h3-8,12,16,20,25H,9-11H2,1-2H3,(H,21,22,23). The zero-order chi connectivity index (χ0) is 17.4. The third-order valence-electron chi connectivity index (χ3n) is 4.70. The molecular weight excluding hydrogens is 314 g/mol. The fraction of sp³-hybridized carbons (Fsp3) is 0.368. The van der Waals surface area contributed by atoms with Gasteiger partial charge in [-0.1, -0.05) is 26.0 Å². The summed E-state index contributed by atoms with van der Waals surface area (Å²) >= 11 is 0. The largest absolute Gasteiger partial charge is 0.508 e. The maximum Gasteiger partial charge on any atom is 0.143 e. The average molecular weight is 337 g/mol. The van der Waals surface area contributed by atoms with Gasteiger partial charge in [-0.2, -0.15) is 0 Å². The lowest BCUT2D eigenvalue weighted by molar-refractivity contribution is 0.463. The van der Waals surface area contributed by atoms with E-state index in [-0.39, 0.29) is 12.0 Å². The number of H-pyrrole nitrogens is 1.